The zero-order chi connectivity index (χ0) is 26.6. The van der Waals surface area contributed by atoms with E-state index in [4.69, 9.17) is 9.47 Å². The molecule has 0 spiro atoms. The quantitative estimate of drug-likeness (QED) is 0.331. The number of ether oxygens (including phenoxy) is 2. The molecular weight excluding hydrogens is 501 g/mol. The summed E-state index contributed by atoms with van der Waals surface area (Å²) in [4.78, 5) is 11.9. The lowest BCUT2D eigenvalue weighted by Gasteiger charge is -2.19. The van der Waals surface area contributed by atoms with E-state index in [2.05, 4.69) is 36.5 Å². The van der Waals surface area contributed by atoms with Gasteiger partial charge >= 0.3 is 0 Å². The number of benzene rings is 1. The summed E-state index contributed by atoms with van der Waals surface area (Å²) in [6, 6.07) is 6.93. The van der Waals surface area contributed by atoms with Crippen LogP contribution in [-0.4, -0.2) is 57.6 Å². The van der Waals surface area contributed by atoms with Gasteiger partial charge in [0, 0.05) is 24.4 Å². The van der Waals surface area contributed by atoms with Gasteiger partial charge in [0.05, 0.1) is 31.9 Å². The molecule has 4 aromatic rings. The molecule has 3 aromatic heterocycles. The Labute approximate surface area is 213 Å². The predicted molar refractivity (Wildman–Crippen MR) is 135 cm³/mol. The maximum absolute atomic E-state index is 13.3. The maximum atomic E-state index is 13.3. The molecule has 4 rings (SSSR count). The van der Waals surface area contributed by atoms with Gasteiger partial charge in [0.2, 0.25) is 16.0 Å². The maximum Gasteiger partial charge on any atom is 0.243 e. The lowest BCUT2D eigenvalue weighted by atomic mass is 10.2. The van der Waals surface area contributed by atoms with Crippen LogP contribution in [0.2, 0.25) is 0 Å². The van der Waals surface area contributed by atoms with Crippen LogP contribution in [0.25, 0.3) is 23.2 Å². The smallest absolute Gasteiger partial charge is 0.243 e. The van der Waals surface area contributed by atoms with Gasteiger partial charge in [0.1, 0.15) is 23.0 Å². The summed E-state index contributed by atoms with van der Waals surface area (Å²) in [7, 11) is -1.07. The molecule has 1 aromatic carbocycles. The predicted octanol–water partition coefficient (Wildman–Crippen LogP) is 3.29. The third kappa shape index (κ3) is 5.40. The van der Waals surface area contributed by atoms with Gasteiger partial charge in [-0.3, -0.25) is 14.3 Å². The molecule has 11 nitrogen and oxygen atoms in total. The number of nitrogens with zero attached hydrogens (tertiary/aromatic N) is 6. The van der Waals surface area contributed by atoms with Crippen molar-refractivity contribution in [1.29, 1.82) is 0 Å². The molecule has 0 saturated heterocycles. The molecule has 13 heteroatoms. The number of anilines is 1. The summed E-state index contributed by atoms with van der Waals surface area (Å²) in [5.74, 6) is 0.529. The fourth-order valence-electron chi connectivity index (χ4n) is 3.53. The van der Waals surface area contributed by atoms with E-state index < -0.39 is 21.1 Å². The van der Waals surface area contributed by atoms with Crippen molar-refractivity contribution in [2.75, 3.05) is 18.9 Å². The Bertz CT molecular complexity index is 1500. The lowest BCUT2D eigenvalue weighted by molar-refractivity contribution is 0.391. The van der Waals surface area contributed by atoms with Gasteiger partial charge in [-0.25, -0.2) is 22.8 Å². The monoisotopic (exact) mass is 525 g/mol. The molecule has 0 aliphatic carbocycles. The summed E-state index contributed by atoms with van der Waals surface area (Å²) < 4.78 is 54.9. The topological polar surface area (TPSA) is 134 Å². The van der Waals surface area contributed by atoms with Crippen molar-refractivity contribution in [2.24, 2.45) is 0 Å². The van der Waals surface area contributed by atoms with E-state index in [9.17, 15) is 12.8 Å². The second kappa shape index (κ2) is 10.7. The number of para-hydroxylation sites is 1. The third-order valence-electron chi connectivity index (χ3n) is 5.45. The van der Waals surface area contributed by atoms with Crippen molar-refractivity contribution in [3.8, 4) is 28.6 Å². The average Bonchev–Trinajstić information content (AvgIpc) is 3.31. The van der Waals surface area contributed by atoms with Gasteiger partial charge in [-0.2, -0.15) is 0 Å². The molecule has 0 radical (unpaired) electrons. The molecule has 1 atom stereocenters. The molecule has 0 aliphatic rings. The van der Waals surface area contributed by atoms with Gasteiger partial charge in [0.25, 0.3) is 0 Å². The lowest BCUT2D eigenvalue weighted by Crippen LogP contribution is -2.29. The van der Waals surface area contributed by atoms with Crippen LogP contribution < -0.4 is 14.2 Å². The molecule has 0 saturated carbocycles. The number of rotatable bonds is 10. The van der Waals surface area contributed by atoms with Crippen molar-refractivity contribution >= 4 is 22.0 Å². The zero-order valence-electron chi connectivity index (χ0n) is 20.3. The molecule has 0 aliphatic heterocycles. The van der Waals surface area contributed by atoms with Crippen LogP contribution in [0, 0.1) is 5.82 Å². The SMILES string of the molecule is C=Cc1cncc(-c2nnc(NS(=O)(=O)[C@@H](C)Cc3ncc(F)cn3)n2-c2c(OC)cccc2OC)c1. The van der Waals surface area contributed by atoms with Gasteiger partial charge in [0.15, 0.2) is 11.6 Å². The Balaban J connectivity index is 1.82. The van der Waals surface area contributed by atoms with E-state index in [1.165, 1.54) is 25.7 Å². The number of sulfonamides is 1. The first-order valence-corrected chi connectivity index (χ1v) is 12.5. The first kappa shape index (κ1) is 25.7. The molecule has 37 heavy (non-hydrogen) atoms. The highest BCUT2D eigenvalue weighted by molar-refractivity contribution is 7.93. The Morgan fingerprint density at radius 2 is 1.78 bits per heavy atom. The van der Waals surface area contributed by atoms with Crippen LogP contribution in [0.3, 0.4) is 0 Å². The van der Waals surface area contributed by atoms with E-state index in [0.29, 0.717) is 22.7 Å². The van der Waals surface area contributed by atoms with Crippen molar-refractivity contribution in [1.82, 2.24) is 29.7 Å². The highest BCUT2D eigenvalue weighted by Crippen LogP contribution is 2.37. The minimum Gasteiger partial charge on any atom is -0.494 e. The zero-order valence-corrected chi connectivity index (χ0v) is 21.1. The van der Waals surface area contributed by atoms with Crippen LogP contribution in [0.4, 0.5) is 10.3 Å². The van der Waals surface area contributed by atoms with Crippen LogP contribution in [0.1, 0.15) is 18.3 Å². The van der Waals surface area contributed by atoms with Gasteiger partial charge in [-0.1, -0.05) is 18.7 Å². The van der Waals surface area contributed by atoms with Crippen LogP contribution >= 0.6 is 0 Å². The summed E-state index contributed by atoms with van der Waals surface area (Å²) in [6.45, 7) is 5.25. The van der Waals surface area contributed by atoms with Crippen LogP contribution in [0.15, 0.2) is 55.6 Å². The van der Waals surface area contributed by atoms with Crippen molar-refractivity contribution in [3.05, 3.63) is 72.8 Å². The molecule has 0 unspecified atom stereocenters. The van der Waals surface area contributed by atoms with Gasteiger partial charge < -0.3 is 9.47 Å². The van der Waals surface area contributed by atoms with Gasteiger partial charge in [-0.15, -0.1) is 10.2 Å². The van der Waals surface area contributed by atoms with E-state index in [0.717, 1.165) is 18.0 Å². The number of methoxy groups -OCH3 is 2. The van der Waals surface area contributed by atoms with Crippen molar-refractivity contribution in [2.45, 2.75) is 18.6 Å². The minimum atomic E-state index is -4.03. The van der Waals surface area contributed by atoms with E-state index >= 15 is 0 Å². The van der Waals surface area contributed by atoms with Gasteiger partial charge in [-0.05, 0) is 30.7 Å². The number of hydrogen-bond acceptors (Lipinski definition) is 9. The first-order valence-electron chi connectivity index (χ1n) is 11.0. The van der Waals surface area contributed by atoms with E-state index in [-0.39, 0.29) is 24.0 Å². The van der Waals surface area contributed by atoms with E-state index in [1.807, 2.05) is 0 Å². The number of hydrogen-bond donors (Lipinski definition) is 1. The number of pyridine rings is 1. The summed E-state index contributed by atoms with van der Waals surface area (Å²) in [6.07, 6.45) is 6.74. The fourth-order valence-corrected chi connectivity index (χ4v) is 4.49. The molecule has 1 N–H and O–H groups in total. The van der Waals surface area contributed by atoms with Crippen LogP contribution in [-0.2, 0) is 16.4 Å². The summed E-state index contributed by atoms with van der Waals surface area (Å²) >= 11 is 0. The largest absolute Gasteiger partial charge is 0.494 e. The Morgan fingerprint density at radius 1 is 1.11 bits per heavy atom. The van der Waals surface area contributed by atoms with Crippen LogP contribution in [0.5, 0.6) is 11.5 Å². The normalized spacial score (nSPS) is 12.1. The molecule has 3 heterocycles. The molecule has 0 fully saturated rings. The molecular formula is C24H24FN7O4S. The minimum absolute atomic E-state index is 0.0557. The molecule has 0 amide bonds. The number of nitrogens with one attached hydrogen (secondary N) is 1. The second-order valence-electron chi connectivity index (χ2n) is 7.88. The fraction of sp³-hybridized carbons (Fsp3) is 0.208. The second-order valence-corrected chi connectivity index (χ2v) is 9.98. The highest BCUT2D eigenvalue weighted by Gasteiger charge is 2.28. The summed E-state index contributed by atoms with van der Waals surface area (Å²) in [5.41, 5.74) is 1.66. The highest BCUT2D eigenvalue weighted by atomic mass is 32.2. The molecule has 192 valence electrons. The number of halogens is 1. The van der Waals surface area contributed by atoms with E-state index in [1.54, 1.807) is 42.7 Å². The Hall–Kier alpha value is -4.39. The number of aromatic nitrogens is 6. The van der Waals surface area contributed by atoms with Crippen molar-refractivity contribution < 1.29 is 22.3 Å². The third-order valence-corrected chi connectivity index (χ3v) is 7.14. The Kier molecular flexibility index (Phi) is 7.43. The van der Waals surface area contributed by atoms with Crippen molar-refractivity contribution in [3.63, 3.8) is 0 Å². The molecule has 0 bridgehead atoms. The Morgan fingerprint density at radius 3 is 2.41 bits per heavy atom. The first-order chi connectivity index (χ1) is 17.8. The summed E-state index contributed by atoms with van der Waals surface area (Å²) in [5, 5.41) is 7.41. The average molecular weight is 526 g/mol. The standard InChI is InChI=1S/C24H24FN7O4S/c1-5-16-10-17(12-26-11-16)23-29-30-24(32(23)22-19(35-3)7-6-8-20(22)36-4)31-37(33,34)15(2)9-21-27-13-18(25)14-28-21/h5-8,10-15H,1,9H2,2-4H3,(H,30,31)/t15-/m0/s1.